The van der Waals surface area contributed by atoms with Gasteiger partial charge < -0.3 is 20.4 Å². The molecule has 1 unspecified atom stereocenters. The number of benzene rings is 1. The van der Waals surface area contributed by atoms with Crippen LogP contribution in [0.3, 0.4) is 0 Å². The van der Waals surface area contributed by atoms with E-state index in [1.54, 1.807) is 36.5 Å². The van der Waals surface area contributed by atoms with Crippen molar-refractivity contribution >= 4 is 29.1 Å². The highest BCUT2D eigenvalue weighted by atomic mass is 16.2. The molecule has 176 valence electrons. The summed E-state index contributed by atoms with van der Waals surface area (Å²) in [6.45, 7) is 3.78. The molecule has 8 nitrogen and oxygen atoms in total. The Labute approximate surface area is 196 Å². The number of hydrogen-bond acceptors (Lipinski definition) is 5. The summed E-state index contributed by atoms with van der Waals surface area (Å²) in [5.74, 6) is 0.178. The molecule has 2 N–H and O–H groups in total. The molecule has 3 amide bonds. The first kappa shape index (κ1) is 23.2. The molecule has 2 aliphatic heterocycles. The zero-order chi connectivity index (χ0) is 23.2. The number of rotatable bonds is 7. The van der Waals surface area contributed by atoms with E-state index in [0.717, 1.165) is 26.1 Å². The lowest BCUT2D eigenvalue weighted by molar-refractivity contribution is 0.102. The van der Waals surface area contributed by atoms with Gasteiger partial charge in [-0.25, -0.2) is 14.7 Å². The summed E-state index contributed by atoms with van der Waals surface area (Å²) in [6.07, 6.45) is 7.51. The number of nitrogens with one attached hydrogen (secondary N) is 2. The maximum Gasteiger partial charge on any atom is 0.327 e. The summed E-state index contributed by atoms with van der Waals surface area (Å²) in [5, 5.41) is 5.92. The number of fused-ring (bicyclic) bond motifs is 2. The minimum absolute atomic E-state index is 0.246. The van der Waals surface area contributed by atoms with Gasteiger partial charge >= 0.3 is 6.03 Å². The van der Waals surface area contributed by atoms with Crippen LogP contribution in [-0.4, -0.2) is 73.0 Å². The average molecular weight is 451 g/mol. The second kappa shape index (κ2) is 10.8. The number of hydrogen-bond donors (Lipinski definition) is 2. The van der Waals surface area contributed by atoms with E-state index in [1.165, 1.54) is 30.6 Å². The van der Waals surface area contributed by atoms with Crippen molar-refractivity contribution in [1.82, 2.24) is 20.1 Å². The smallest absolute Gasteiger partial charge is 0.327 e. The standard InChI is InChI=1S/C25H34N6O2/c1-29(2)18-13-19-9-5-6-16-30(19)17-8-15-27-25(33)31-22-12-4-3-10-20(22)24(32)28-21-11-7-14-26-23(21)31/h3-4,7,10-12,14,19H,5-6,8-9,13,15-18H2,1-2H3,(H,27,33)(H,28,32). The van der Waals surface area contributed by atoms with Crippen LogP contribution in [0.4, 0.5) is 22.0 Å². The second-order valence-corrected chi connectivity index (χ2v) is 9.04. The van der Waals surface area contributed by atoms with Gasteiger partial charge in [-0.2, -0.15) is 0 Å². The third kappa shape index (κ3) is 5.51. The van der Waals surface area contributed by atoms with Gasteiger partial charge in [-0.1, -0.05) is 18.6 Å². The van der Waals surface area contributed by atoms with Gasteiger partial charge in [0, 0.05) is 25.3 Å². The molecule has 0 spiro atoms. The molecule has 0 radical (unpaired) electrons. The minimum Gasteiger partial charge on any atom is -0.337 e. The molecule has 0 aliphatic carbocycles. The van der Waals surface area contributed by atoms with Crippen molar-refractivity contribution in [3.63, 3.8) is 0 Å². The van der Waals surface area contributed by atoms with Crippen molar-refractivity contribution in [3.05, 3.63) is 48.2 Å². The number of anilines is 3. The lowest BCUT2D eigenvalue weighted by Gasteiger charge is -2.36. The molecule has 1 atom stereocenters. The Morgan fingerprint density at radius 3 is 2.91 bits per heavy atom. The number of likely N-dealkylation sites (tertiary alicyclic amines) is 1. The summed E-state index contributed by atoms with van der Waals surface area (Å²) in [5.41, 5.74) is 1.50. The van der Waals surface area contributed by atoms with Gasteiger partial charge in [0.2, 0.25) is 0 Å². The maximum atomic E-state index is 13.3. The van der Waals surface area contributed by atoms with Crippen molar-refractivity contribution < 1.29 is 9.59 Å². The molecule has 8 heteroatoms. The Morgan fingerprint density at radius 2 is 2.06 bits per heavy atom. The molecule has 1 aromatic heterocycles. The van der Waals surface area contributed by atoms with Crippen molar-refractivity contribution in [2.24, 2.45) is 0 Å². The molecule has 2 aliphatic rings. The van der Waals surface area contributed by atoms with Crippen LogP contribution in [0, 0.1) is 0 Å². The van der Waals surface area contributed by atoms with E-state index in [4.69, 9.17) is 0 Å². The SMILES string of the molecule is CN(C)CCC1CCCCN1CCCNC(=O)N1c2ccccc2C(=O)Nc2cccnc21. The molecule has 1 fully saturated rings. The number of carbonyl (C=O) groups excluding carboxylic acids is 2. The molecular formula is C25H34N6O2. The fourth-order valence-corrected chi connectivity index (χ4v) is 4.69. The highest BCUT2D eigenvalue weighted by Crippen LogP contribution is 2.36. The number of aromatic nitrogens is 1. The van der Waals surface area contributed by atoms with Crippen LogP contribution >= 0.6 is 0 Å². The van der Waals surface area contributed by atoms with E-state index >= 15 is 0 Å². The fraction of sp³-hybridized carbons (Fsp3) is 0.480. The number of para-hydroxylation sites is 1. The molecule has 1 saturated heterocycles. The van der Waals surface area contributed by atoms with Crippen molar-refractivity contribution in [3.8, 4) is 0 Å². The van der Waals surface area contributed by atoms with E-state index in [1.807, 2.05) is 6.07 Å². The number of urea groups is 1. The predicted molar refractivity (Wildman–Crippen MR) is 131 cm³/mol. The van der Waals surface area contributed by atoms with Gasteiger partial charge in [-0.05, 0) is 77.1 Å². The topological polar surface area (TPSA) is 80.8 Å². The molecule has 1 aromatic carbocycles. The third-order valence-corrected chi connectivity index (χ3v) is 6.40. The zero-order valence-electron chi connectivity index (χ0n) is 19.6. The molecule has 4 rings (SSSR count). The normalized spacial score (nSPS) is 18.3. The number of amides is 3. The van der Waals surface area contributed by atoms with Crippen LogP contribution in [0.2, 0.25) is 0 Å². The lowest BCUT2D eigenvalue weighted by atomic mass is 9.99. The Bertz CT molecular complexity index is 979. The largest absolute Gasteiger partial charge is 0.337 e. The number of piperidine rings is 1. The van der Waals surface area contributed by atoms with Gasteiger partial charge in [0.05, 0.1) is 16.9 Å². The maximum absolute atomic E-state index is 13.3. The van der Waals surface area contributed by atoms with Crippen molar-refractivity contribution in [2.75, 3.05) is 50.5 Å². The highest BCUT2D eigenvalue weighted by Gasteiger charge is 2.30. The van der Waals surface area contributed by atoms with E-state index in [0.29, 0.717) is 35.3 Å². The summed E-state index contributed by atoms with van der Waals surface area (Å²) in [4.78, 5) is 36.7. The fourth-order valence-electron chi connectivity index (χ4n) is 4.69. The first-order chi connectivity index (χ1) is 16.0. The Kier molecular flexibility index (Phi) is 7.57. The summed E-state index contributed by atoms with van der Waals surface area (Å²) < 4.78 is 0. The van der Waals surface area contributed by atoms with Crippen LogP contribution in [0.25, 0.3) is 0 Å². The van der Waals surface area contributed by atoms with E-state index in [2.05, 4.69) is 39.5 Å². The first-order valence-electron chi connectivity index (χ1n) is 11.9. The van der Waals surface area contributed by atoms with Gasteiger partial charge in [0.1, 0.15) is 0 Å². The summed E-state index contributed by atoms with van der Waals surface area (Å²) in [6, 6.07) is 11.0. The average Bonchev–Trinajstić information content (AvgIpc) is 2.95. The van der Waals surface area contributed by atoms with Gasteiger partial charge in [0.15, 0.2) is 5.82 Å². The lowest BCUT2D eigenvalue weighted by Crippen LogP contribution is -2.43. The number of nitrogens with zero attached hydrogens (tertiary/aromatic N) is 4. The van der Waals surface area contributed by atoms with Crippen molar-refractivity contribution in [2.45, 2.75) is 38.1 Å². The summed E-state index contributed by atoms with van der Waals surface area (Å²) in [7, 11) is 4.25. The van der Waals surface area contributed by atoms with Crippen LogP contribution in [0.5, 0.6) is 0 Å². The molecule has 0 bridgehead atoms. The van der Waals surface area contributed by atoms with Crippen LogP contribution in [0.1, 0.15) is 42.5 Å². The second-order valence-electron chi connectivity index (χ2n) is 9.04. The molecule has 3 heterocycles. The highest BCUT2D eigenvalue weighted by molar-refractivity contribution is 6.16. The van der Waals surface area contributed by atoms with E-state index < -0.39 is 0 Å². The molecular weight excluding hydrogens is 416 g/mol. The van der Waals surface area contributed by atoms with Crippen LogP contribution in [0.15, 0.2) is 42.6 Å². The number of pyridine rings is 1. The summed E-state index contributed by atoms with van der Waals surface area (Å²) >= 11 is 0. The minimum atomic E-state index is -0.276. The quantitative estimate of drug-likeness (QED) is 0.629. The number of carbonyl (C=O) groups is 2. The molecule has 33 heavy (non-hydrogen) atoms. The van der Waals surface area contributed by atoms with Gasteiger partial charge in [-0.15, -0.1) is 0 Å². The Morgan fingerprint density at radius 1 is 1.21 bits per heavy atom. The molecule has 2 aromatic rings. The zero-order valence-corrected chi connectivity index (χ0v) is 19.6. The molecule has 0 saturated carbocycles. The van der Waals surface area contributed by atoms with Crippen LogP contribution < -0.4 is 15.5 Å². The third-order valence-electron chi connectivity index (χ3n) is 6.40. The monoisotopic (exact) mass is 450 g/mol. The van der Waals surface area contributed by atoms with Gasteiger partial charge in [0.25, 0.3) is 5.91 Å². The Hall–Kier alpha value is -2.97. The van der Waals surface area contributed by atoms with Gasteiger partial charge in [-0.3, -0.25) is 4.79 Å². The first-order valence-corrected chi connectivity index (χ1v) is 11.9. The van der Waals surface area contributed by atoms with E-state index in [-0.39, 0.29) is 11.9 Å². The van der Waals surface area contributed by atoms with Crippen molar-refractivity contribution in [1.29, 1.82) is 0 Å². The Balaban J connectivity index is 1.40. The predicted octanol–water partition coefficient (Wildman–Crippen LogP) is 3.69. The van der Waals surface area contributed by atoms with E-state index in [9.17, 15) is 9.59 Å². The van der Waals surface area contributed by atoms with Crippen LogP contribution in [-0.2, 0) is 0 Å².